The van der Waals surface area contributed by atoms with E-state index in [9.17, 15) is 14.9 Å². The molecule has 112 valence electrons. The van der Waals surface area contributed by atoms with Crippen molar-refractivity contribution in [2.24, 2.45) is 0 Å². The van der Waals surface area contributed by atoms with Crippen LogP contribution in [0.25, 0.3) is 0 Å². The van der Waals surface area contributed by atoms with E-state index in [1.54, 1.807) is 6.07 Å². The Balaban J connectivity index is 1.95. The van der Waals surface area contributed by atoms with Crippen LogP contribution in [0.15, 0.2) is 28.3 Å². The maximum atomic E-state index is 11.2. The van der Waals surface area contributed by atoms with Gasteiger partial charge in [0.1, 0.15) is 0 Å². The topological polar surface area (TPSA) is 86.0 Å². The smallest absolute Gasteiger partial charge is 0.270 e. The van der Waals surface area contributed by atoms with E-state index in [4.69, 9.17) is 0 Å². The van der Waals surface area contributed by atoms with Crippen LogP contribution in [0.4, 0.5) is 5.69 Å². The fourth-order valence-corrected chi connectivity index (χ4v) is 3.47. The molecule has 1 heterocycles. The highest BCUT2D eigenvalue weighted by molar-refractivity contribution is 7.99. The summed E-state index contributed by atoms with van der Waals surface area (Å²) >= 11 is 1.26. The lowest BCUT2D eigenvalue weighted by atomic mass is 10.2. The van der Waals surface area contributed by atoms with Crippen molar-refractivity contribution in [3.05, 3.63) is 50.8 Å². The number of aldehydes is 1. The zero-order chi connectivity index (χ0) is 15.7. The van der Waals surface area contributed by atoms with Gasteiger partial charge in [0.15, 0.2) is 11.4 Å². The summed E-state index contributed by atoms with van der Waals surface area (Å²) in [5.74, 6) is 0. The third-order valence-corrected chi connectivity index (χ3v) is 4.61. The Hall–Kier alpha value is -2.28. The van der Waals surface area contributed by atoms with Crippen molar-refractivity contribution >= 4 is 23.7 Å². The van der Waals surface area contributed by atoms with Gasteiger partial charge in [-0.05, 0) is 49.6 Å². The molecule has 0 fully saturated rings. The first-order valence-corrected chi connectivity index (χ1v) is 7.68. The summed E-state index contributed by atoms with van der Waals surface area (Å²) in [5, 5.41) is 11.3. The van der Waals surface area contributed by atoms with Crippen LogP contribution in [-0.4, -0.2) is 21.2 Å². The van der Waals surface area contributed by atoms with Crippen LogP contribution in [0.3, 0.4) is 0 Å². The van der Waals surface area contributed by atoms with Gasteiger partial charge in [0.05, 0.1) is 4.92 Å². The zero-order valence-electron chi connectivity index (χ0n) is 11.9. The normalized spacial score (nSPS) is 13.0. The van der Waals surface area contributed by atoms with Crippen LogP contribution in [-0.2, 0) is 12.8 Å². The quantitative estimate of drug-likeness (QED) is 0.373. The summed E-state index contributed by atoms with van der Waals surface area (Å²) in [6.45, 7) is 1.96. The second-order valence-corrected chi connectivity index (χ2v) is 6.08. The molecule has 1 aliphatic carbocycles. The number of benzene rings is 1. The van der Waals surface area contributed by atoms with E-state index < -0.39 is 4.92 Å². The molecule has 1 aromatic carbocycles. The predicted octanol–water partition coefficient (Wildman–Crippen LogP) is 3.15. The van der Waals surface area contributed by atoms with Gasteiger partial charge in [-0.2, -0.15) is 0 Å². The third kappa shape index (κ3) is 2.71. The molecule has 0 spiro atoms. The van der Waals surface area contributed by atoms with Gasteiger partial charge >= 0.3 is 0 Å². The van der Waals surface area contributed by atoms with Gasteiger partial charge in [-0.15, -0.1) is 0 Å². The minimum absolute atomic E-state index is 0.0995. The molecule has 2 aromatic rings. The SMILES string of the molecule is Cc1nc(Sc2ccc([N+](=O)[O-])cc2C=O)nc2c1CCC2. The van der Waals surface area contributed by atoms with Crippen molar-refractivity contribution in [1.29, 1.82) is 0 Å². The molecule has 22 heavy (non-hydrogen) atoms. The van der Waals surface area contributed by atoms with Crippen molar-refractivity contribution < 1.29 is 9.72 Å². The number of hydrogen-bond acceptors (Lipinski definition) is 6. The molecule has 6 nitrogen and oxygen atoms in total. The number of nitro benzene ring substituents is 1. The average Bonchev–Trinajstić information content (AvgIpc) is 2.96. The van der Waals surface area contributed by atoms with Gasteiger partial charge in [-0.3, -0.25) is 14.9 Å². The first-order valence-electron chi connectivity index (χ1n) is 6.86. The van der Waals surface area contributed by atoms with E-state index >= 15 is 0 Å². The van der Waals surface area contributed by atoms with Crippen LogP contribution in [0.5, 0.6) is 0 Å². The van der Waals surface area contributed by atoms with Gasteiger partial charge < -0.3 is 0 Å². The Labute approximate surface area is 131 Å². The van der Waals surface area contributed by atoms with Gasteiger partial charge in [0, 0.05) is 34.0 Å². The van der Waals surface area contributed by atoms with Crippen molar-refractivity contribution in [3.8, 4) is 0 Å². The second-order valence-electron chi connectivity index (χ2n) is 5.07. The molecule has 0 N–H and O–H groups in total. The van der Waals surface area contributed by atoms with E-state index in [0.717, 1.165) is 30.7 Å². The minimum atomic E-state index is -0.516. The van der Waals surface area contributed by atoms with Crippen molar-refractivity contribution in [2.45, 2.75) is 36.2 Å². The molecule has 0 saturated heterocycles. The molecule has 7 heteroatoms. The summed E-state index contributed by atoms with van der Waals surface area (Å²) < 4.78 is 0. The van der Waals surface area contributed by atoms with Crippen LogP contribution < -0.4 is 0 Å². The number of nitrogens with zero attached hydrogens (tertiary/aromatic N) is 3. The maximum absolute atomic E-state index is 11.2. The number of aromatic nitrogens is 2. The van der Waals surface area contributed by atoms with Crippen molar-refractivity contribution in [3.63, 3.8) is 0 Å². The predicted molar refractivity (Wildman–Crippen MR) is 81.4 cm³/mol. The molecule has 1 aromatic heterocycles. The molecule has 0 saturated carbocycles. The highest BCUT2D eigenvalue weighted by Gasteiger charge is 2.18. The highest BCUT2D eigenvalue weighted by atomic mass is 32.2. The first-order chi connectivity index (χ1) is 10.6. The van der Waals surface area contributed by atoms with Gasteiger partial charge in [-0.1, -0.05) is 0 Å². The van der Waals surface area contributed by atoms with E-state index in [0.29, 0.717) is 16.3 Å². The standard InChI is InChI=1S/C15H13N3O3S/c1-9-12-3-2-4-13(12)17-15(16-9)22-14-6-5-11(18(20)21)7-10(14)8-19/h5-8H,2-4H2,1H3. The van der Waals surface area contributed by atoms with E-state index in [1.807, 2.05) is 6.92 Å². The summed E-state index contributed by atoms with van der Waals surface area (Å²) in [5.41, 5.74) is 3.45. The summed E-state index contributed by atoms with van der Waals surface area (Å²) in [4.78, 5) is 31.1. The largest absolute Gasteiger partial charge is 0.298 e. The Bertz CT molecular complexity index is 777. The van der Waals surface area contributed by atoms with Crippen LogP contribution in [0, 0.1) is 17.0 Å². The fraction of sp³-hybridized carbons (Fsp3) is 0.267. The number of fused-ring (bicyclic) bond motifs is 1. The Morgan fingerprint density at radius 3 is 2.86 bits per heavy atom. The number of hydrogen-bond donors (Lipinski definition) is 0. The second kappa shape index (κ2) is 5.84. The zero-order valence-corrected chi connectivity index (χ0v) is 12.7. The van der Waals surface area contributed by atoms with Crippen LogP contribution >= 0.6 is 11.8 Å². The van der Waals surface area contributed by atoms with Gasteiger partial charge in [0.2, 0.25) is 0 Å². The van der Waals surface area contributed by atoms with E-state index in [1.165, 1.54) is 29.5 Å². The Kier molecular flexibility index (Phi) is 3.89. The molecule has 0 bridgehead atoms. The molecular weight excluding hydrogens is 302 g/mol. The van der Waals surface area contributed by atoms with E-state index in [-0.39, 0.29) is 11.3 Å². The van der Waals surface area contributed by atoms with Gasteiger partial charge in [-0.25, -0.2) is 9.97 Å². The maximum Gasteiger partial charge on any atom is 0.270 e. The molecule has 0 radical (unpaired) electrons. The molecule has 0 atom stereocenters. The number of carbonyl (C=O) groups is 1. The molecule has 3 rings (SSSR count). The van der Waals surface area contributed by atoms with Crippen LogP contribution in [0.2, 0.25) is 0 Å². The Morgan fingerprint density at radius 2 is 2.14 bits per heavy atom. The number of non-ortho nitro benzene ring substituents is 1. The Morgan fingerprint density at radius 1 is 1.32 bits per heavy atom. The number of rotatable bonds is 4. The lowest BCUT2D eigenvalue weighted by Gasteiger charge is -2.07. The van der Waals surface area contributed by atoms with Crippen molar-refractivity contribution in [1.82, 2.24) is 9.97 Å². The van der Waals surface area contributed by atoms with Crippen LogP contribution in [0.1, 0.15) is 33.7 Å². The van der Waals surface area contributed by atoms with Crippen molar-refractivity contribution in [2.75, 3.05) is 0 Å². The highest BCUT2D eigenvalue weighted by Crippen LogP contribution is 2.32. The lowest BCUT2D eigenvalue weighted by molar-refractivity contribution is -0.384. The molecule has 0 aliphatic heterocycles. The molecule has 1 aliphatic rings. The summed E-state index contributed by atoms with van der Waals surface area (Å²) in [7, 11) is 0. The summed E-state index contributed by atoms with van der Waals surface area (Å²) in [6.07, 6.45) is 3.68. The average molecular weight is 315 g/mol. The monoisotopic (exact) mass is 315 g/mol. The molecule has 0 amide bonds. The minimum Gasteiger partial charge on any atom is -0.298 e. The number of nitro groups is 1. The fourth-order valence-electron chi connectivity index (χ4n) is 2.57. The van der Waals surface area contributed by atoms with E-state index in [2.05, 4.69) is 9.97 Å². The third-order valence-electron chi connectivity index (χ3n) is 3.65. The lowest BCUT2D eigenvalue weighted by Crippen LogP contribution is -1.99. The molecule has 0 unspecified atom stereocenters. The number of aryl methyl sites for hydroxylation is 2. The number of carbonyl (C=O) groups excluding carboxylic acids is 1. The molecular formula is C15H13N3O3S. The van der Waals surface area contributed by atoms with Gasteiger partial charge in [0.25, 0.3) is 5.69 Å². The first kappa shape index (κ1) is 14.6. The summed E-state index contributed by atoms with van der Waals surface area (Å²) in [6, 6.07) is 4.23.